The highest BCUT2D eigenvalue weighted by atomic mass is 15.2. The van der Waals surface area contributed by atoms with Crippen LogP contribution < -0.4 is 26.2 Å². The van der Waals surface area contributed by atoms with E-state index in [-0.39, 0.29) is 6.71 Å². The number of fused-ring (bicyclic) bond motifs is 11. The van der Waals surface area contributed by atoms with Crippen LogP contribution in [0.2, 0.25) is 0 Å². The Hall–Kier alpha value is -8.86. The van der Waals surface area contributed by atoms with Crippen LogP contribution in [0.4, 0.5) is 34.1 Å². The van der Waals surface area contributed by atoms with Crippen molar-refractivity contribution in [1.82, 2.24) is 4.57 Å². The Balaban J connectivity index is 1.07. The van der Waals surface area contributed by atoms with Crippen molar-refractivity contribution < 1.29 is 0 Å². The van der Waals surface area contributed by atoms with Crippen LogP contribution in [0.1, 0.15) is 0 Å². The molecule has 0 aliphatic carbocycles. The lowest BCUT2D eigenvalue weighted by atomic mass is 9.33. The molecule has 314 valence electrons. The molecule has 3 heterocycles. The Bertz CT molecular complexity index is 4030. The van der Waals surface area contributed by atoms with Crippen molar-refractivity contribution in [3.05, 3.63) is 243 Å². The second-order valence-electron chi connectivity index (χ2n) is 18.5. The highest BCUT2D eigenvalue weighted by Gasteiger charge is 2.44. The molecule has 4 heteroatoms. The van der Waals surface area contributed by atoms with Crippen LogP contribution in [0.25, 0.3) is 81.7 Å². The van der Waals surface area contributed by atoms with Crippen molar-refractivity contribution in [2.75, 3.05) is 9.80 Å². The van der Waals surface area contributed by atoms with Gasteiger partial charge in [-0.05, 0) is 174 Å². The lowest BCUT2D eigenvalue weighted by Gasteiger charge is -2.44. The zero-order valence-electron chi connectivity index (χ0n) is 37.0. The monoisotopic (exact) mass is 861 g/mol. The summed E-state index contributed by atoms with van der Waals surface area (Å²) < 4.78 is 2.40. The van der Waals surface area contributed by atoms with Crippen LogP contribution in [-0.4, -0.2) is 11.3 Å². The SMILES string of the molecule is c1ccc(N2c3cc4cc5ccccc5cc4cc3B3c4cc5cc6ccccc6cc5cc4N(c4ccccc4)c4cc(-c5ccc6c(c5)c5ccccc5n6-c5ccccc5)cc2c43)cc1. The first-order valence-corrected chi connectivity index (χ1v) is 23.6. The number of nitrogens with zero attached hydrogens (tertiary/aromatic N) is 3. The van der Waals surface area contributed by atoms with Gasteiger partial charge in [0.2, 0.25) is 0 Å². The highest BCUT2D eigenvalue weighted by molar-refractivity contribution is 7.00. The van der Waals surface area contributed by atoms with Crippen molar-refractivity contribution >= 4 is 122 Å². The minimum atomic E-state index is -0.0444. The smallest absolute Gasteiger partial charge is 0.252 e. The average molecular weight is 862 g/mol. The first kappa shape index (κ1) is 37.4. The fraction of sp³-hybridized carbons (Fsp3) is 0. The van der Waals surface area contributed by atoms with Crippen LogP contribution in [0.5, 0.6) is 0 Å². The molecule has 68 heavy (non-hydrogen) atoms. The molecule has 15 rings (SSSR count). The fourth-order valence-corrected chi connectivity index (χ4v) is 11.8. The summed E-state index contributed by atoms with van der Waals surface area (Å²) in [6.07, 6.45) is 0. The molecule has 0 N–H and O–H groups in total. The van der Waals surface area contributed by atoms with Gasteiger partial charge in [0, 0.05) is 50.6 Å². The van der Waals surface area contributed by atoms with E-state index in [1.807, 2.05) is 0 Å². The number of benzene rings is 12. The van der Waals surface area contributed by atoms with E-state index >= 15 is 0 Å². The van der Waals surface area contributed by atoms with Gasteiger partial charge in [0.15, 0.2) is 0 Å². The van der Waals surface area contributed by atoms with Gasteiger partial charge in [0.05, 0.1) is 11.0 Å². The van der Waals surface area contributed by atoms with E-state index in [9.17, 15) is 0 Å². The molecule has 3 nitrogen and oxygen atoms in total. The minimum absolute atomic E-state index is 0.0444. The number of rotatable bonds is 4. The largest absolute Gasteiger partial charge is 0.311 e. The van der Waals surface area contributed by atoms with Crippen LogP contribution in [0, 0.1) is 0 Å². The zero-order valence-corrected chi connectivity index (χ0v) is 37.0. The molecular weight excluding hydrogens is 822 g/mol. The van der Waals surface area contributed by atoms with Crippen molar-refractivity contribution in [3.8, 4) is 16.8 Å². The quantitative estimate of drug-likeness (QED) is 0.129. The summed E-state index contributed by atoms with van der Waals surface area (Å²) in [6, 6.07) is 90.6. The predicted molar refractivity (Wildman–Crippen MR) is 290 cm³/mol. The molecule has 12 aromatic carbocycles. The summed E-state index contributed by atoms with van der Waals surface area (Å²) in [7, 11) is 0. The molecule has 0 bridgehead atoms. The van der Waals surface area contributed by atoms with Crippen LogP contribution in [0.3, 0.4) is 0 Å². The third-order valence-corrected chi connectivity index (χ3v) is 14.8. The predicted octanol–water partition coefficient (Wildman–Crippen LogP) is 15.1. The maximum absolute atomic E-state index is 2.55. The number of anilines is 6. The van der Waals surface area contributed by atoms with E-state index in [1.165, 1.54) is 115 Å². The maximum atomic E-state index is 2.55. The molecule has 0 atom stereocenters. The molecule has 0 radical (unpaired) electrons. The lowest BCUT2D eigenvalue weighted by molar-refractivity contribution is 1.18. The maximum Gasteiger partial charge on any atom is 0.252 e. The van der Waals surface area contributed by atoms with Crippen LogP contribution in [0.15, 0.2) is 243 Å². The number of para-hydroxylation sites is 4. The summed E-state index contributed by atoms with van der Waals surface area (Å²) in [6.45, 7) is -0.0444. The third kappa shape index (κ3) is 5.49. The molecule has 2 aliphatic heterocycles. The normalized spacial score (nSPS) is 12.9. The molecule has 2 aliphatic rings. The standard InChI is InChI=1S/C64H40BN3/c1-4-20-51(21-5-1)66-58-27-15-14-26-54(58)55-34-45(28-29-59(55)66)50-39-62-64-63(40-50)68(53-24-8-3-9-25-53)61-38-49-33-44-19-13-11-17-42(44)31-47(49)36-57(61)65(64)56-35-46-30-41-16-10-12-18-43(41)32-48(46)37-60(56)67(62)52-22-6-2-7-23-52/h1-40H. The highest BCUT2D eigenvalue weighted by Crippen LogP contribution is 2.48. The lowest BCUT2D eigenvalue weighted by Crippen LogP contribution is -2.61. The number of hydrogen-bond acceptors (Lipinski definition) is 2. The summed E-state index contributed by atoms with van der Waals surface area (Å²) in [5.41, 5.74) is 16.9. The van der Waals surface area contributed by atoms with E-state index in [0.717, 1.165) is 17.1 Å². The molecule has 0 fully saturated rings. The Morgan fingerprint density at radius 3 is 1.21 bits per heavy atom. The van der Waals surface area contributed by atoms with Crippen molar-refractivity contribution in [2.24, 2.45) is 0 Å². The molecule has 1 aromatic heterocycles. The summed E-state index contributed by atoms with van der Waals surface area (Å²) in [4.78, 5) is 5.09. The average Bonchev–Trinajstić information content (AvgIpc) is 3.73. The minimum Gasteiger partial charge on any atom is -0.311 e. The molecule has 0 saturated carbocycles. The van der Waals surface area contributed by atoms with E-state index in [1.54, 1.807) is 0 Å². The van der Waals surface area contributed by atoms with Gasteiger partial charge >= 0.3 is 0 Å². The number of hydrogen-bond donors (Lipinski definition) is 0. The molecule has 0 saturated heterocycles. The van der Waals surface area contributed by atoms with Gasteiger partial charge in [-0.15, -0.1) is 0 Å². The van der Waals surface area contributed by atoms with Gasteiger partial charge in [-0.25, -0.2) is 0 Å². The van der Waals surface area contributed by atoms with E-state index in [4.69, 9.17) is 0 Å². The van der Waals surface area contributed by atoms with Gasteiger partial charge in [0.25, 0.3) is 6.71 Å². The van der Waals surface area contributed by atoms with Crippen LogP contribution >= 0.6 is 0 Å². The van der Waals surface area contributed by atoms with Crippen LogP contribution in [-0.2, 0) is 0 Å². The van der Waals surface area contributed by atoms with Crippen molar-refractivity contribution in [3.63, 3.8) is 0 Å². The molecular formula is C64H40BN3. The molecule has 13 aromatic rings. The van der Waals surface area contributed by atoms with Gasteiger partial charge < -0.3 is 14.4 Å². The fourth-order valence-electron chi connectivity index (χ4n) is 11.8. The Morgan fingerprint density at radius 1 is 0.265 bits per heavy atom. The van der Waals surface area contributed by atoms with Gasteiger partial charge in [0.1, 0.15) is 0 Å². The molecule has 0 amide bonds. The van der Waals surface area contributed by atoms with Gasteiger partial charge in [-0.3, -0.25) is 0 Å². The summed E-state index contributed by atoms with van der Waals surface area (Å²) >= 11 is 0. The van der Waals surface area contributed by atoms with E-state index in [2.05, 4.69) is 257 Å². The van der Waals surface area contributed by atoms with Gasteiger partial charge in [-0.1, -0.05) is 140 Å². The van der Waals surface area contributed by atoms with Crippen molar-refractivity contribution in [1.29, 1.82) is 0 Å². The Labute approximate surface area is 394 Å². The van der Waals surface area contributed by atoms with E-state index in [0.29, 0.717) is 0 Å². The Kier molecular flexibility index (Phi) is 7.87. The summed E-state index contributed by atoms with van der Waals surface area (Å²) in [5, 5.41) is 12.4. The number of aromatic nitrogens is 1. The molecule has 0 spiro atoms. The summed E-state index contributed by atoms with van der Waals surface area (Å²) in [5.74, 6) is 0. The van der Waals surface area contributed by atoms with Gasteiger partial charge in [-0.2, -0.15) is 0 Å². The first-order valence-electron chi connectivity index (χ1n) is 23.6. The second kappa shape index (κ2) is 14.3. The topological polar surface area (TPSA) is 11.4 Å². The van der Waals surface area contributed by atoms with E-state index < -0.39 is 0 Å². The van der Waals surface area contributed by atoms with Crippen molar-refractivity contribution in [2.45, 2.75) is 0 Å². The second-order valence-corrected chi connectivity index (χ2v) is 18.5. The first-order chi connectivity index (χ1) is 33.7. The Morgan fingerprint density at radius 2 is 0.691 bits per heavy atom. The zero-order chi connectivity index (χ0) is 44.5. The molecule has 0 unspecified atom stereocenters. The third-order valence-electron chi connectivity index (χ3n) is 14.8.